The second kappa shape index (κ2) is 4.75. The van der Waals surface area contributed by atoms with Crippen LogP contribution in [0.5, 0.6) is 0 Å². The molecule has 0 aliphatic carbocycles. The first kappa shape index (κ1) is 12.5. The van der Waals surface area contributed by atoms with Crippen molar-refractivity contribution in [2.45, 2.75) is 11.4 Å². The minimum Gasteiger partial charge on any atom is -0.383 e. The maximum atomic E-state index is 12.0. The van der Waals surface area contributed by atoms with E-state index in [4.69, 9.17) is 5.73 Å². The third kappa shape index (κ3) is 2.66. The first-order chi connectivity index (χ1) is 8.49. The van der Waals surface area contributed by atoms with E-state index in [9.17, 15) is 8.42 Å². The highest BCUT2D eigenvalue weighted by Crippen LogP contribution is 2.14. The van der Waals surface area contributed by atoms with E-state index in [0.29, 0.717) is 5.69 Å². The number of pyridine rings is 1. The normalized spacial score (nSPS) is 11.6. The van der Waals surface area contributed by atoms with Gasteiger partial charge in [-0.2, -0.15) is 5.10 Å². The Morgan fingerprint density at radius 2 is 2.22 bits per heavy atom. The molecule has 2 heterocycles. The van der Waals surface area contributed by atoms with Gasteiger partial charge in [-0.3, -0.25) is 4.68 Å². The number of anilines is 1. The number of aryl methyl sites for hydroxylation is 1. The van der Waals surface area contributed by atoms with Crippen molar-refractivity contribution < 1.29 is 8.42 Å². The molecule has 0 aliphatic rings. The maximum Gasteiger partial charge on any atom is 0.244 e. The minimum absolute atomic E-state index is 0.0222. The van der Waals surface area contributed by atoms with Crippen molar-refractivity contribution >= 4 is 15.8 Å². The number of nitrogens with zero attached hydrogens (tertiary/aromatic N) is 3. The monoisotopic (exact) mass is 267 g/mol. The van der Waals surface area contributed by atoms with Crippen LogP contribution >= 0.6 is 0 Å². The van der Waals surface area contributed by atoms with Gasteiger partial charge < -0.3 is 5.73 Å². The zero-order chi connectivity index (χ0) is 13.2. The standard InChI is InChI=1S/C10H13N5O2S/c1-15-6-4-8(14-15)7-13-18(16,17)9-3-2-5-12-10(9)11/h2-6,13H,7H2,1H3,(H2,11,12). The summed E-state index contributed by atoms with van der Waals surface area (Å²) >= 11 is 0. The summed E-state index contributed by atoms with van der Waals surface area (Å²) < 4.78 is 28.0. The number of nitrogen functional groups attached to an aromatic ring is 1. The van der Waals surface area contributed by atoms with E-state index in [1.807, 2.05) is 0 Å². The molecule has 0 aromatic carbocycles. The van der Waals surface area contributed by atoms with Gasteiger partial charge in [0.05, 0.1) is 12.2 Å². The molecule has 8 heteroatoms. The Kier molecular flexibility index (Phi) is 3.30. The molecular weight excluding hydrogens is 254 g/mol. The lowest BCUT2D eigenvalue weighted by atomic mass is 10.4. The molecule has 96 valence electrons. The summed E-state index contributed by atoms with van der Waals surface area (Å²) in [5.41, 5.74) is 6.16. The topological polar surface area (TPSA) is 103 Å². The van der Waals surface area contributed by atoms with Crippen LogP contribution in [0.25, 0.3) is 0 Å². The fourth-order valence-corrected chi connectivity index (χ4v) is 2.51. The molecule has 0 bridgehead atoms. The molecule has 0 radical (unpaired) electrons. The SMILES string of the molecule is Cn1ccc(CNS(=O)(=O)c2cccnc2N)n1. The Hall–Kier alpha value is -1.93. The summed E-state index contributed by atoms with van der Waals surface area (Å²) in [4.78, 5) is 3.72. The van der Waals surface area contributed by atoms with Crippen LogP contribution < -0.4 is 10.5 Å². The number of aromatic nitrogens is 3. The van der Waals surface area contributed by atoms with Crippen LogP contribution in [0.2, 0.25) is 0 Å². The number of rotatable bonds is 4. The van der Waals surface area contributed by atoms with Crippen molar-refractivity contribution in [3.05, 3.63) is 36.3 Å². The van der Waals surface area contributed by atoms with Gasteiger partial charge in [0.1, 0.15) is 10.7 Å². The Morgan fingerprint density at radius 3 is 2.83 bits per heavy atom. The fraction of sp³-hybridized carbons (Fsp3) is 0.200. The second-order valence-corrected chi connectivity index (χ2v) is 5.43. The Bertz CT molecular complexity index is 650. The zero-order valence-electron chi connectivity index (χ0n) is 9.74. The van der Waals surface area contributed by atoms with Crippen LogP contribution in [-0.2, 0) is 23.6 Å². The molecule has 0 saturated heterocycles. The van der Waals surface area contributed by atoms with Gasteiger partial charge >= 0.3 is 0 Å². The molecule has 0 amide bonds. The zero-order valence-corrected chi connectivity index (χ0v) is 10.6. The highest BCUT2D eigenvalue weighted by molar-refractivity contribution is 7.89. The Morgan fingerprint density at radius 1 is 1.44 bits per heavy atom. The number of hydrogen-bond acceptors (Lipinski definition) is 5. The second-order valence-electron chi connectivity index (χ2n) is 3.69. The average Bonchev–Trinajstić information content (AvgIpc) is 2.73. The van der Waals surface area contributed by atoms with Crippen LogP contribution in [0, 0.1) is 0 Å². The molecule has 0 aliphatic heterocycles. The lowest BCUT2D eigenvalue weighted by Crippen LogP contribution is -2.24. The summed E-state index contributed by atoms with van der Waals surface area (Å²) in [6.45, 7) is 0.109. The van der Waals surface area contributed by atoms with Crippen molar-refractivity contribution in [2.75, 3.05) is 5.73 Å². The summed E-state index contributed by atoms with van der Waals surface area (Å²) in [5.74, 6) is -0.0222. The molecule has 2 aromatic heterocycles. The average molecular weight is 267 g/mol. The molecule has 2 aromatic rings. The molecule has 0 saturated carbocycles. The third-order valence-electron chi connectivity index (χ3n) is 2.30. The molecular formula is C10H13N5O2S. The molecule has 0 unspecified atom stereocenters. The Balaban J connectivity index is 2.16. The molecule has 2 rings (SSSR count). The molecule has 3 N–H and O–H groups in total. The molecule has 0 atom stereocenters. The van der Waals surface area contributed by atoms with Gasteiger partial charge in [-0.1, -0.05) is 0 Å². The highest BCUT2D eigenvalue weighted by atomic mass is 32.2. The first-order valence-electron chi connectivity index (χ1n) is 5.18. The lowest BCUT2D eigenvalue weighted by Gasteiger charge is -2.06. The van der Waals surface area contributed by atoms with E-state index in [1.165, 1.54) is 18.3 Å². The molecule has 0 fully saturated rings. The van der Waals surface area contributed by atoms with E-state index >= 15 is 0 Å². The van der Waals surface area contributed by atoms with Gasteiger partial charge in [0.2, 0.25) is 10.0 Å². The van der Waals surface area contributed by atoms with Crippen molar-refractivity contribution in [1.29, 1.82) is 0 Å². The van der Waals surface area contributed by atoms with Gasteiger partial charge in [0, 0.05) is 19.4 Å². The van der Waals surface area contributed by atoms with Crippen molar-refractivity contribution in [1.82, 2.24) is 19.5 Å². The lowest BCUT2D eigenvalue weighted by molar-refractivity contribution is 0.579. The van der Waals surface area contributed by atoms with Crippen LogP contribution in [0.1, 0.15) is 5.69 Å². The van der Waals surface area contributed by atoms with Crippen molar-refractivity contribution in [3.8, 4) is 0 Å². The van der Waals surface area contributed by atoms with Gasteiger partial charge in [-0.05, 0) is 18.2 Å². The predicted molar refractivity (Wildman–Crippen MR) is 65.9 cm³/mol. The number of nitrogens with one attached hydrogen (secondary N) is 1. The minimum atomic E-state index is -3.67. The van der Waals surface area contributed by atoms with E-state index in [0.717, 1.165) is 0 Å². The van der Waals surface area contributed by atoms with Crippen LogP contribution in [0.15, 0.2) is 35.5 Å². The number of sulfonamides is 1. The first-order valence-corrected chi connectivity index (χ1v) is 6.66. The van der Waals surface area contributed by atoms with Crippen LogP contribution in [-0.4, -0.2) is 23.2 Å². The van der Waals surface area contributed by atoms with Gasteiger partial charge in [0.25, 0.3) is 0 Å². The quantitative estimate of drug-likeness (QED) is 0.803. The number of hydrogen-bond donors (Lipinski definition) is 2. The Labute approximate surface area is 105 Å². The van der Waals surface area contributed by atoms with E-state index < -0.39 is 10.0 Å². The largest absolute Gasteiger partial charge is 0.383 e. The molecule has 7 nitrogen and oxygen atoms in total. The maximum absolute atomic E-state index is 12.0. The summed E-state index contributed by atoms with van der Waals surface area (Å²) in [5, 5.41) is 4.07. The third-order valence-corrected chi connectivity index (χ3v) is 3.75. The van der Waals surface area contributed by atoms with Gasteiger partial charge in [-0.15, -0.1) is 0 Å². The van der Waals surface area contributed by atoms with Gasteiger partial charge in [-0.25, -0.2) is 18.1 Å². The molecule has 18 heavy (non-hydrogen) atoms. The van der Waals surface area contributed by atoms with Crippen LogP contribution in [0.3, 0.4) is 0 Å². The smallest absolute Gasteiger partial charge is 0.244 e. The van der Waals surface area contributed by atoms with E-state index in [-0.39, 0.29) is 17.3 Å². The fourth-order valence-electron chi connectivity index (χ4n) is 1.43. The van der Waals surface area contributed by atoms with Crippen LogP contribution in [0.4, 0.5) is 5.82 Å². The summed E-state index contributed by atoms with van der Waals surface area (Å²) in [6, 6.07) is 4.66. The van der Waals surface area contributed by atoms with E-state index in [1.54, 1.807) is 24.0 Å². The summed E-state index contributed by atoms with van der Waals surface area (Å²) in [7, 11) is -1.91. The summed E-state index contributed by atoms with van der Waals surface area (Å²) in [6.07, 6.45) is 3.18. The van der Waals surface area contributed by atoms with Crippen molar-refractivity contribution in [2.24, 2.45) is 7.05 Å². The van der Waals surface area contributed by atoms with Gasteiger partial charge in [0.15, 0.2) is 0 Å². The highest BCUT2D eigenvalue weighted by Gasteiger charge is 2.17. The van der Waals surface area contributed by atoms with E-state index in [2.05, 4.69) is 14.8 Å². The van der Waals surface area contributed by atoms with Crippen molar-refractivity contribution in [3.63, 3.8) is 0 Å². The number of nitrogens with two attached hydrogens (primary N) is 1. The predicted octanol–water partition coefficient (Wildman–Crippen LogP) is -0.124. The molecule has 0 spiro atoms.